The number of hydrogen-bond acceptors (Lipinski definition) is 7. The van der Waals surface area contributed by atoms with Gasteiger partial charge in [0.05, 0.1) is 56.2 Å². The lowest BCUT2D eigenvalue weighted by Crippen LogP contribution is -2.43. The third-order valence-corrected chi connectivity index (χ3v) is 29.1. The van der Waals surface area contributed by atoms with Gasteiger partial charge in [-0.2, -0.15) is 0 Å². The highest BCUT2D eigenvalue weighted by atomic mass is 16.6. The summed E-state index contributed by atoms with van der Waals surface area (Å²) in [5.74, 6) is 10.6. The summed E-state index contributed by atoms with van der Waals surface area (Å²) < 4.78 is 5.98. The highest BCUT2D eigenvalue weighted by Crippen LogP contribution is 2.52. The van der Waals surface area contributed by atoms with Gasteiger partial charge in [0.2, 0.25) is 0 Å². The molecule has 12 nitrogen and oxygen atoms in total. The Labute approximate surface area is 654 Å². The lowest BCUT2D eigenvalue weighted by atomic mass is 9.82. The maximum absolute atomic E-state index is 13.7. The summed E-state index contributed by atoms with van der Waals surface area (Å²) in [4.78, 5) is 51.3. The van der Waals surface area contributed by atoms with E-state index in [2.05, 4.69) is 171 Å². The van der Waals surface area contributed by atoms with Gasteiger partial charge in [-0.15, -0.1) is 0 Å². The third kappa shape index (κ3) is 13.7. The molecule has 2 unspecified atom stereocenters. The Balaban J connectivity index is 0.000000142. The number of aryl methyl sites for hydroxylation is 8. The molecule has 14 aliphatic carbocycles. The molecule has 8 bridgehead atoms. The number of benzene rings is 8. The fraction of sp³-hybridized carbons (Fsp3) is 0.465. The number of imidazole rings is 4. The Morgan fingerprint density at radius 2 is 0.712 bits per heavy atom. The summed E-state index contributed by atoms with van der Waals surface area (Å²) in [6, 6.07) is 57.4. The number of rotatable bonds is 8. The smallest absolute Gasteiger partial charge is 0.411 e. The molecule has 8 fully saturated rings. The van der Waals surface area contributed by atoms with Crippen LogP contribution >= 0.6 is 0 Å². The summed E-state index contributed by atoms with van der Waals surface area (Å²) in [6.07, 6.45) is 36.5. The minimum atomic E-state index is -0.541. The maximum atomic E-state index is 13.7. The van der Waals surface area contributed by atoms with Gasteiger partial charge in [0.1, 0.15) is 28.9 Å². The Morgan fingerprint density at radius 3 is 1.12 bits per heavy atom. The van der Waals surface area contributed by atoms with E-state index in [-0.39, 0.29) is 18.2 Å². The summed E-state index contributed by atoms with van der Waals surface area (Å²) in [5, 5.41) is 3.92. The SMILES string of the molecule is CC(C)(C)OC(=O)N1[C@H](c2nc3ccc(-c4cc5ccc4CCc4ccc(c(-c6ccc7nc(C8C[C@H]9CCCC[C@H]9C8)[nH]c7c6)c4)CC5)cc3[nH]2)C[C@@H]2CCCC[C@@H]21.c1cc2c(-c3ccc4nc(C5C[C@H]6CCCC[C@H]6C5)[nH]c4c3)cc1CCc1ccc(cc1-c1ccc3nc([C@@H]4C[C@@H]5CCCC[C@@H]5N4)[nH]c3c1)CC2. The molecule has 8 aromatic carbocycles. The van der Waals surface area contributed by atoms with Crippen molar-refractivity contribution in [3.05, 3.63) is 213 Å². The molecule has 6 saturated carbocycles. The summed E-state index contributed by atoms with van der Waals surface area (Å²) in [6.45, 7) is 5.86. The second-order valence-corrected chi connectivity index (χ2v) is 37.2. The van der Waals surface area contributed by atoms with Crippen molar-refractivity contribution < 1.29 is 9.53 Å². The van der Waals surface area contributed by atoms with Crippen LogP contribution in [0, 0.1) is 35.5 Å². The number of amides is 1. The van der Waals surface area contributed by atoms with Gasteiger partial charge in [-0.3, -0.25) is 4.90 Å². The van der Waals surface area contributed by atoms with E-state index in [0.717, 1.165) is 151 Å². The Morgan fingerprint density at radius 1 is 0.360 bits per heavy atom. The minimum Gasteiger partial charge on any atom is -0.444 e. The standard InChI is InChI=1S/C52H59N5O2.C47H51N5/c1-52(2,3)59-51(58)57-47-11-7-6-10-39(47)30-48(57)50-54-44-23-21-38(29-46(44)56-50)42-25-32-13-17-33-16-12-31(14-18-34(42)19-15-32)24-41(33)37-20-22-43-45(28-37)55-49(53-43)40-26-35-8-4-5-9-36(35)27-40;1-2-6-33-24-37(23-32(33)5-1)46-49-41-19-17-34(25-43(41)51-46)38-21-28-9-13-30(38)14-10-29-12-16-31(15-11-28)39(22-29)35-18-20-42-44(26-35)52-47(50-42)45-27-36-7-3-4-8-40(36)48-45/h12,15-16,19-25,28-29,35-36,39-40,47-48H,4-11,13-14,17-18,26-27,30H2,1-3H3,(H,53,55)(H,54,56);9,12-13,16-22,25-26,32-33,36-37,40,45,48H,1-8,10-11,14-15,23-24,27H2,(H,49,51)(H,50,52)/t35-,36+,39-,40?,47-,48-;32-,33+,36-,37?,40-,45-/m00/s1. The molecule has 0 radical (unpaired) electrons. The number of nitrogens with one attached hydrogen (secondary N) is 5. The zero-order valence-corrected chi connectivity index (χ0v) is 65.6. The van der Waals surface area contributed by atoms with Gasteiger partial charge in [-0.05, 0) is 309 Å². The minimum absolute atomic E-state index is 0.102. The second kappa shape index (κ2) is 28.8. The van der Waals surface area contributed by atoms with Crippen molar-refractivity contribution in [3.63, 3.8) is 0 Å². The number of aromatic nitrogens is 8. The Hall–Kier alpha value is -9.13. The monoisotopic (exact) mass is 1470 g/mol. The molecule has 568 valence electrons. The largest absolute Gasteiger partial charge is 0.444 e. The molecule has 4 aromatic heterocycles. The lowest BCUT2D eigenvalue weighted by Gasteiger charge is -2.34. The van der Waals surface area contributed by atoms with Crippen LogP contribution in [-0.4, -0.2) is 68.5 Å². The first kappa shape index (κ1) is 69.8. The van der Waals surface area contributed by atoms with Crippen LogP contribution in [0.25, 0.3) is 88.6 Å². The molecule has 12 aromatic rings. The van der Waals surface area contributed by atoms with Crippen LogP contribution in [0.15, 0.2) is 146 Å². The molecule has 16 aliphatic rings. The van der Waals surface area contributed by atoms with E-state index in [1.54, 1.807) is 0 Å². The summed E-state index contributed by atoms with van der Waals surface area (Å²) in [5.41, 5.74) is 29.9. The van der Waals surface area contributed by atoms with Crippen molar-refractivity contribution in [2.45, 2.75) is 255 Å². The van der Waals surface area contributed by atoms with E-state index in [1.807, 2.05) is 25.7 Å². The molecule has 0 spiro atoms. The van der Waals surface area contributed by atoms with E-state index < -0.39 is 5.60 Å². The first-order valence-corrected chi connectivity index (χ1v) is 43.6. The molecular weight excluding hydrogens is 1360 g/mol. The van der Waals surface area contributed by atoms with E-state index in [4.69, 9.17) is 24.7 Å². The predicted octanol–water partition coefficient (Wildman–Crippen LogP) is 23.5. The van der Waals surface area contributed by atoms with Crippen molar-refractivity contribution in [2.24, 2.45) is 35.5 Å². The van der Waals surface area contributed by atoms with Gasteiger partial charge in [-0.1, -0.05) is 174 Å². The summed E-state index contributed by atoms with van der Waals surface area (Å²) in [7, 11) is 0. The van der Waals surface area contributed by atoms with Gasteiger partial charge in [0, 0.05) is 23.9 Å². The fourth-order valence-electron chi connectivity index (χ4n) is 23.4. The number of aromatic amines is 4. The van der Waals surface area contributed by atoms with Crippen molar-refractivity contribution in [2.75, 3.05) is 0 Å². The molecular formula is C99H110N10O2. The lowest BCUT2D eigenvalue weighted by molar-refractivity contribution is 0.00951. The van der Waals surface area contributed by atoms with Crippen LogP contribution < -0.4 is 5.32 Å². The van der Waals surface area contributed by atoms with Crippen molar-refractivity contribution in [3.8, 4) is 44.5 Å². The van der Waals surface area contributed by atoms with Gasteiger partial charge in [-0.25, -0.2) is 24.7 Å². The zero-order valence-electron chi connectivity index (χ0n) is 65.6. The number of carbonyl (C=O) groups is 1. The van der Waals surface area contributed by atoms with Crippen molar-refractivity contribution >= 4 is 50.2 Å². The average molecular weight is 1470 g/mol. The van der Waals surface area contributed by atoms with Crippen LogP contribution in [0.4, 0.5) is 4.79 Å². The summed E-state index contributed by atoms with van der Waals surface area (Å²) >= 11 is 0. The fourth-order valence-corrected chi connectivity index (χ4v) is 23.4. The highest BCUT2D eigenvalue weighted by Gasteiger charge is 2.48. The number of ether oxygens (including phenoxy) is 1. The quantitative estimate of drug-likeness (QED) is 0.101. The average Bonchev–Trinajstić information content (AvgIpc) is 1.65. The molecule has 6 heterocycles. The van der Waals surface area contributed by atoms with Gasteiger partial charge >= 0.3 is 6.09 Å². The van der Waals surface area contributed by atoms with E-state index in [1.165, 1.54) is 227 Å². The normalized spacial score (nSPS) is 26.3. The topological polar surface area (TPSA) is 156 Å². The molecule has 111 heavy (non-hydrogen) atoms. The van der Waals surface area contributed by atoms with Crippen LogP contribution in [-0.2, 0) is 56.1 Å². The zero-order chi connectivity index (χ0) is 74.0. The van der Waals surface area contributed by atoms with Crippen molar-refractivity contribution in [1.29, 1.82) is 0 Å². The number of H-pyrrole nitrogens is 4. The molecule has 28 rings (SSSR count). The van der Waals surface area contributed by atoms with Gasteiger partial charge < -0.3 is 30.0 Å². The number of likely N-dealkylation sites (tertiary alicyclic amines) is 1. The molecule has 12 heteroatoms. The Kier molecular flexibility index (Phi) is 18.1. The third-order valence-electron chi connectivity index (χ3n) is 29.1. The van der Waals surface area contributed by atoms with E-state index in [0.29, 0.717) is 29.8 Å². The van der Waals surface area contributed by atoms with Gasteiger partial charge in [0.15, 0.2) is 0 Å². The molecule has 2 saturated heterocycles. The van der Waals surface area contributed by atoms with E-state index in [9.17, 15) is 4.79 Å². The number of nitrogens with zero attached hydrogens (tertiary/aromatic N) is 5. The highest BCUT2D eigenvalue weighted by molar-refractivity contribution is 5.87. The second-order valence-electron chi connectivity index (χ2n) is 37.2. The van der Waals surface area contributed by atoms with Crippen LogP contribution in [0.3, 0.4) is 0 Å². The molecule has 12 atom stereocenters. The van der Waals surface area contributed by atoms with Crippen LogP contribution in [0.1, 0.15) is 254 Å². The predicted molar refractivity (Wildman–Crippen MR) is 448 cm³/mol. The molecule has 1 amide bonds. The molecule has 5 N–H and O–H groups in total. The first-order chi connectivity index (χ1) is 54.3. The first-order valence-electron chi connectivity index (χ1n) is 43.6. The van der Waals surface area contributed by atoms with Crippen LogP contribution in [0.2, 0.25) is 0 Å². The van der Waals surface area contributed by atoms with Crippen molar-refractivity contribution in [1.82, 2.24) is 50.1 Å². The van der Waals surface area contributed by atoms with Crippen LogP contribution in [0.5, 0.6) is 0 Å². The Bertz CT molecular complexity index is 5320. The van der Waals surface area contributed by atoms with E-state index >= 15 is 0 Å². The maximum Gasteiger partial charge on any atom is 0.411 e. The molecule has 2 aliphatic heterocycles. The number of hydrogen-bond donors (Lipinski definition) is 5. The number of fused-ring (bicyclic) bond motifs is 8. The number of carbonyl (C=O) groups excluding carboxylic acids is 1. The van der Waals surface area contributed by atoms with Gasteiger partial charge in [0.25, 0.3) is 0 Å².